The van der Waals surface area contributed by atoms with Gasteiger partial charge >= 0.3 is 18.5 Å². The summed E-state index contributed by atoms with van der Waals surface area (Å²) in [6.07, 6.45) is -17.7. The number of anilines is 1. The predicted molar refractivity (Wildman–Crippen MR) is 109 cm³/mol. The van der Waals surface area contributed by atoms with Crippen LogP contribution in [0, 0.1) is 0 Å². The Kier molecular flexibility index (Phi) is 7.40. The standard InChI is InChI=1S/C16H10Cl2F9N5O2S/c17-6-3-5(14(19,20)21)4-7(18)9(6)32-12(28-1-2-35(33)34)8-10(15(22,23)24)29-13(16(25,26)27)30-11(8)31-32/h3-4,11,31H,1-2H2,(H,29,30)(H,33,34). The molecule has 0 spiro atoms. The fraction of sp³-hybridized carbons (Fsp3) is 0.375. The van der Waals surface area contributed by atoms with Gasteiger partial charge in [0.1, 0.15) is 11.9 Å². The number of allylic oxidation sites excluding steroid dienone is 1. The molecule has 35 heavy (non-hydrogen) atoms. The number of aliphatic imine (C=N–C) groups is 2. The summed E-state index contributed by atoms with van der Waals surface area (Å²) in [6, 6.07) is 0.795. The molecule has 1 aromatic carbocycles. The van der Waals surface area contributed by atoms with Crippen LogP contribution in [0.15, 0.2) is 33.4 Å². The number of nitrogens with one attached hydrogen (secondary N) is 2. The zero-order valence-electron chi connectivity index (χ0n) is 16.4. The van der Waals surface area contributed by atoms with Gasteiger partial charge in [0.15, 0.2) is 16.9 Å². The summed E-state index contributed by atoms with van der Waals surface area (Å²) >= 11 is 9.38. The van der Waals surface area contributed by atoms with E-state index in [1.807, 2.05) is 0 Å². The number of hydrogen-bond acceptors (Lipinski definition) is 5. The van der Waals surface area contributed by atoms with Gasteiger partial charge in [-0.05, 0) is 12.1 Å². The molecule has 7 nitrogen and oxygen atoms in total. The first-order chi connectivity index (χ1) is 15.9. The van der Waals surface area contributed by atoms with Gasteiger partial charge in [-0.25, -0.2) is 9.20 Å². The second-order valence-electron chi connectivity index (χ2n) is 6.77. The molecule has 2 heterocycles. The van der Waals surface area contributed by atoms with Crippen molar-refractivity contribution in [1.82, 2.24) is 10.7 Å². The lowest BCUT2D eigenvalue weighted by atomic mass is 10.1. The molecule has 1 saturated heterocycles. The Bertz CT molecular complexity index is 1120. The van der Waals surface area contributed by atoms with Gasteiger partial charge in [0.05, 0.1) is 39.2 Å². The molecule has 2 unspecified atom stereocenters. The Morgan fingerprint density at radius 2 is 1.60 bits per heavy atom. The van der Waals surface area contributed by atoms with Crippen molar-refractivity contribution < 1.29 is 48.3 Å². The third-order valence-corrected chi connectivity index (χ3v) is 5.50. The van der Waals surface area contributed by atoms with Crippen molar-refractivity contribution in [3.8, 4) is 0 Å². The van der Waals surface area contributed by atoms with E-state index in [-0.39, 0.29) is 0 Å². The predicted octanol–water partition coefficient (Wildman–Crippen LogP) is 4.66. The van der Waals surface area contributed by atoms with Crippen LogP contribution in [0.2, 0.25) is 10.0 Å². The van der Waals surface area contributed by atoms with Crippen molar-refractivity contribution in [2.45, 2.75) is 24.7 Å². The highest BCUT2D eigenvalue weighted by Crippen LogP contribution is 2.43. The highest BCUT2D eigenvalue weighted by Gasteiger charge is 2.52. The van der Waals surface area contributed by atoms with E-state index >= 15 is 0 Å². The monoisotopic (exact) mass is 577 g/mol. The van der Waals surface area contributed by atoms with Crippen molar-refractivity contribution in [2.24, 2.45) is 9.98 Å². The van der Waals surface area contributed by atoms with Crippen LogP contribution < -0.4 is 15.8 Å². The molecular weight excluding hydrogens is 568 g/mol. The average molecular weight is 578 g/mol. The highest BCUT2D eigenvalue weighted by atomic mass is 35.5. The van der Waals surface area contributed by atoms with Crippen LogP contribution in [-0.4, -0.2) is 51.2 Å². The van der Waals surface area contributed by atoms with E-state index < -0.39 is 92.3 Å². The van der Waals surface area contributed by atoms with Crippen LogP contribution >= 0.6 is 23.2 Å². The summed E-state index contributed by atoms with van der Waals surface area (Å²) in [6.45, 7) is -0.607. The number of nitrogens with zero attached hydrogens (tertiary/aromatic N) is 3. The molecule has 19 heteroatoms. The smallest absolute Gasteiger partial charge is 0.332 e. The van der Waals surface area contributed by atoms with E-state index in [0.717, 1.165) is 0 Å². The first-order valence-corrected chi connectivity index (χ1v) is 10.9. The molecule has 0 aliphatic carbocycles. The second kappa shape index (κ2) is 9.42. The van der Waals surface area contributed by atoms with Gasteiger partial charge in [0.25, 0.3) is 0 Å². The Balaban J connectivity index is 2.23. The maximum absolute atomic E-state index is 13.7. The molecule has 2 atom stereocenters. The summed E-state index contributed by atoms with van der Waals surface area (Å²) in [5.41, 5.74) is -2.60. The molecule has 2 aliphatic heterocycles. The lowest BCUT2D eigenvalue weighted by Gasteiger charge is -2.25. The zero-order chi connectivity index (χ0) is 26.5. The van der Waals surface area contributed by atoms with Crippen molar-refractivity contribution >= 4 is 51.6 Å². The van der Waals surface area contributed by atoms with Crippen LogP contribution in [-0.2, 0) is 17.3 Å². The number of hydrazine groups is 1. The number of hydrogen-bond donors (Lipinski definition) is 3. The average Bonchev–Trinajstić information content (AvgIpc) is 3.02. The lowest BCUT2D eigenvalue weighted by molar-refractivity contribution is -0.137. The van der Waals surface area contributed by atoms with E-state index in [9.17, 15) is 43.7 Å². The summed E-state index contributed by atoms with van der Waals surface area (Å²) in [7, 11) is 0. The minimum absolute atomic E-state index is 0.397. The first kappa shape index (κ1) is 27.5. The number of fused-ring (bicyclic) bond motifs is 1. The zero-order valence-corrected chi connectivity index (χ0v) is 18.7. The molecule has 3 rings (SSSR count). The molecule has 1 aromatic rings. The molecule has 0 radical (unpaired) electrons. The third kappa shape index (κ3) is 5.84. The Hall–Kier alpha value is -2.08. The lowest BCUT2D eigenvalue weighted by Crippen LogP contribution is -2.47. The summed E-state index contributed by atoms with van der Waals surface area (Å²) in [5.74, 6) is -3.38. The molecule has 0 saturated carbocycles. The van der Waals surface area contributed by atoms with Crippen LogP contribution in [0.3, 0.4) is 0 Å². The van der Waals surface area contributed by atoms with E-state index in [1.54, 1.807) is 0 Å². The molecule has 1 fully saturated rings. The van der Waals surface area contributed by atoms with Crippen LogP contribution in [0.4, 0.5) is 45.2 Å². The quantitative estimate of drug-likeness (QED) is 0.358. The van der Waals surface area contributed by atoms with Gasteiger partial charge in [-0.2, -0.15) is 44.9 Å². The first-order valence-electron chi connectivity index (χ1n) is 8.89. The van der Waals surface area contributed by atoms with Crippen LogP contribution in [0.5, 0.6) is 0 Å². The number of halogens is 11. The minimum Gasteiger partial charge on any atom is -0.332 e. The maximum Gasteiger partial charge on any atom is 0.449 e. The normalized spacial score (nSPS) is 21.3. The maximum atomic E-state index is 13.7. The molecule has 194 valence electrons. The van der Waals surface area contributed by atoms with Gasteiger partial charge in [-0.1, -0.05) is 23.2 Å². The number of benzene rings is 1. The number of rotatable bonds is 4. The van der Waals surface area contributed by atoms with E-state index in [4.69, 9.17) is 27.8 Å². The summed E-state index contributed by atoms with van der Waals surface area (Å²) < 4.78 is 140. The molecule has 0 amide bonds. The molecular formula is C16H10Cl2F9N5O2S. The van der Waals surface area contributed by atoms with Gasteiger partial charge in [0, 0.05) is 0 Å². The molecule has 0 aromatic heterocycles. The topological polar surface area (TPSA) is 89.3 Å². The van der Waals surface area contributed by atoms with E-state index in [0.29, 0.717) is 17.1 Å². The minimum atomic E-state index is -5.40. The Morgan fingerprint density at radius 3 is 2.06 bits per heavy atom. The van der Waals surface area contributed by atoms with Gasteiger partial charge in [0.2, 0.25) is 5.84 Å². The number of amidine groups is 2. The Morgan fingerprint density at radius 1 is 1.03 bits per heavy atom. The van der Waals surface area contributed by atoms with Crippen molar-refractivity contribution in [2.75, 3.05) is 17.3 Å². The van der Waals surface area contributed by atoms with Gasteiger partial charge < -0.3 is 9.87 Å². The fourth-order valence-electron chi connectivity index (χ4n) is 3.05. The van der Waals surface area contributed by atoms with Gasteiger partial charge in [-0.3, -0.25) is 10.0 Å². The fourth-order valence-corrected chi connectivity index (χ4v) is 3.95. The van der Waals surface area contributed by atoms with Crippen LogP contribution in [0.25, 0.3) is 0 Å². The largest absolute Gasteiger partial charge is 0.449 e. The highest BCUT2D eigenvalue weighted by molar-refractivity contribution is 7.79. The Labute approximate surface area is 201 Å². The second-order valence-corrected chi connectivity index (χ2v) is 8.64. The van der Waals surface area contributed by atoms with Crippen LogP contribution in [0.1, 0.15) is 5.56 Å². The van der Waals surface area contributed by atoms with E-state index in [1.165, 1.54) is 5.32 Å². The molecule has 2 aliphatic rings. The van der Waals surface area contributed by atoms with Crippen molar-refractivity contribution in [3.63, 3.8) is 0 Å². The number of alkyl halides is 9. The van der Waals surface area contributed by atoms with E-state index in [2.05, 4.69) is 15.4 Å². The summed E-state index contributed by atoms with van der Waals surface area (Å²) in [5, 5.41) is 0.237. The summed E-state index contributed by atoms with van der Waals surface area (Å²) in [4.78, 5) is 6.93. The third-order valence-electron chi connectivity index (χ3n) is 4.40. The van der Waals surface area contributed by atoms with Crippen molar-refractivity contribution in [1.29, 1.82) is 0 Å². The van der Waals surface area contributed by atoms with Gasteiger partial charge in [-0.15, -0.1) is 0 Å². The molecule has 3 N–H and O–H groups in total. The van der Waals surface area contributed by atoms with Crippen molar-refractivity contribution in [3.05, 3.63) is 39.0 Å². The SMILES string of the molecule is O=S(O)CCN=C1C2=C(C(F)(F)F)NC(C(F)(F)F)=NC2NN1c1c(Cl)cc(C(F)(F)F)cc1Cl. The molecule has 0 bridgehead atoms.